The van der Waals surface area contributed by atoms with Crippen molar-refractivity contribution < 1.29 is 9.53 Å². The number of carbonyl (C=O) groups is 1. The molecular formula is C10H20N2O2. The van der Waals surface area contributed by atoms with Gasteiger partial charge in [0.25, 0.3) is 0 Å². The molecule has 1 rings (SSSR count). The van der Waals surface area contributed by atoms with Gasteiger partial charge < -0.3 is 15.8 Å². The minimum Gasteiger partial charge on any atom is -0.378 e. The summed E-state index contributed by atoms with van der Waals surface area (Å²) in [6.07, 6.45) is 1.86. The lowest BCUT2D eigenvalue weighted by molar-refractivity contribution is -0.129. The number of carbonyl (C=O) groups excluding carboxylic acids is 1. The van der Waals surface area contributed by atoms with E-state index >= 15 is 0 Å². The predicted octanol–water partition coefficient (Wildman–Crippen LogP) is 0.265. The molecule has 14 heavy (non-hydrogen) atoms. The largest absolute Gasteiger partial charge is 0.378 e. The highest BCUT2D eigenvalue weighted by atomic mass is 16.5. The molecule has 1 aliphatic rings. The van der Waals surface area contributed by atoms with Crippen molar-refractivity contribution in [3.8, 4) is 0 Å². The van der Waals surface area contributed by atoms with Crippen molar-refractivity contribution in [3.63, 3.8) is 0 Å². The Morgan fingerprint density at radius 2 is 2.43 bits per heavy atom. The summed E-state index contributed by atoms with van der Waals surface area (Å²) < 4.78 is 5.38. The van der Waals surface area contributed by atoms with Crippen molar-refractivity contribution in [2.24, 2.45) is 11.7 Å². The molecule has 3 N–H and O–H groups in total. The maximum atomic E-state index is 11.6. The number of amides is 1. The molecular weight excluding hydrogens is 180 g/mol. The van der Waals surface area contributed by atoms with E-state index in [1.54, 1.807) is 0 Å². The first-order chi connectivity index (χ1) is 6.59. The quantitative estimate of drug-likeness (QED) is 0.687. The van der Waals surface area contributed by atoms with Crippen molar-refractivity contribution in [2.45, 2.75) is 38.8 Å². The Hall–Kier alpha value is -0.610. The van der Waals surface area contributed by atoms with Crippen LogP contribution in [-0.4, -0.2) is 31.2 Å². The molecule has 4 heteroatoms. The van der Waals surface area contributed by atoms with Crippen LogP contribution < -0.4 is 11.1 Å². The van der Waals surface area contributed by atoms with Gasteiger partial charge in [-0.05, 0) is 26.7 Å². The molecule has 82 valence electrons. The first-order valence-corrected chi connectivity index (χ1v) is 5.24. The predicted molar refractivity (Wildman–Crippen MR) is 54.8 cm³/mol. The lowest BCUT2D eigenvalue weighted by Gasteiger charge is -2.26. The molecule has 0 radical (unpaired) electrons. The lowest BCUT2D eigenvalue weighted by Crippen LogP contribution is -2.41. The van der Waals surface area contributed by atoms with Crippen LogP contribution >= 0.6 is 0 Å². The fourth-order valence-electron chi connectivity index (χ4n) is 1.64. The van der Waals surface area contributed by atoms with Gasteiger partial charge in [-0.25, -0.2) is 0 Å². The van der Waals surface area contributed by atoms with Crippen LogP contribution in [0.5, 0.6) is 0 Å². The van der Waals surface area contributed by atoms with E-state index in [0.717, 1.165) is 12.8 Å². The molecule has 0 aromatic carbocycles. The van der Waals surface area contributed by atoms with E-state index in [4.69, 9.17) is 10.5 Å². The monoisotopic (exact) mass is 200 g/mol. The van der Waals surface area contributed by atoms with Gasteiger partial charge in [0.05, 0.1) is 6.10 Å². The standard InChI is InChI=1S/C10H20N2O2/c1-7(11)6-12-10(13)9-3-4-14-8(2)5-9/h7-9H,3-6,11H2,1-2H3,(H,12,13). The van der Waals surface area contributed by atoms with E-state index < -0.39 is 0 Å². The summed E-state index contributed by atoms with van der Waals surface area (Å²) in [6, 6.07) is 0.0243. The average Bonchev–Trinajstić information content (AvgIpc) is 2.14. The van der Waals surface area contributed by atoms with E-state index in [1.807, 2.05) is 13.8 Å². The van der Waals surface area contributed by atoms with E-state index in [0.29, 0.717) is 13.2 Å². The van der Waals surface area contributed by atoms with E-state index in [1.165, 1.54) is 0 Å². The Morgan fingerprint density at radius 1 is 1.71 bits per heavy atom. The number of rotatable bonds is 3. The molecule has 0 bridgehead atoms. The third kappa shape index (κ3) is 3.64. The molecule has 4 nitrogen and oxygen atoms in total. The first-order valence-electron chi connectivity index (χ1n) is 5.24. The summed E-state index contributed by atoms with van der Waals surface area (Å²) in [5.74, 6) is 0.231. The second-order valence-corrected chi connectivity index (χ2v) is 4.13. The van der Waals surface area contributed by atoms with Crippen LogP contribution in [0.25, 0.3) is 0 Å². The molecule has 0 spiro atoms. The topological polar surface area (TPSA) is 64.3 Å². The Morgan fingerprint density at radius 3 is 3.00 bits per heavy atom. The SMILES string of the molecule is CC(N)CNC(=O)C1CCOC(C)C1. The Labute approximate surface area is 85.2 Å². The molecule has 1 fully saturated rings. The van der Waals surface area contributed by atoms with Crippen LogP contribution in [0.4, 0.5) is 0 Å². The molecule has 1 saturated heterocycles. The van der Waals surface area contributed by atoms with Crippen LogP contribution in [0.1, 0.15) is 26.7 Å². The highest BCUT2D eigenvalue weighted by molar-refractivity contribution is 5.78. The second kappa shape index (κ2) is 5.32. The number of ether oxygens (including phenoxy) is 1. The molecule has 0 aromatic rings. The van der Waals surface area contributed by atoms with Crippen molar-refractivity contribution in [1.82, 2.24) is 5.32 Å². The van der Waals surface area contributed by atoms with Gasteiger partial charge in [-0.1, -0.05) is 0 Å². The van der Waals surface area contributed by atoms with Crippen molar-refractivity contribution >= 4 is 5.91 Å². The summed E-state index contributed by atoms with van der Waals surface area (Å²) in [7, 11) is 0. The molecule has 0 aromatic heterocycles. The number of hydrogen-bond donors (Lipinski definition) is 2. The summed E-state index contributed by atoms with van der Waals surface area (Å²) in [5, 5.41) is 2.85. The van der Waals surface area contributed by atoms with Gasteiger partial charge in [0.1, 0.15) is 0 Å². The van der Waals surface area contributed by atoms with Crippen LogP contribution in [0.15, 0.2) is 0 Å². The van der Waals surface area contributed by atoms with Crippen LogP contribution in [-0.2, 0) is 9.53 Å². The van der Waals surface area contributed by atoms with Gasteiger partial charge >= 0.3 is 0 Å². The van der Waals surface area contributed by atoms with E-state index in [2.05, 4.69) is 5.32 Å². The Bertz CT molecular complexity index is 195. The fourth-order valence-corrected chi connectivity index (χ4v) is 1.64. The summed E-state index contributed by atoms with van der Waals surface area (Å²) >= 11 is 0. The third-order valence-electron chi connectivity index (χ3n) is 2.45. The van der Waals surface area contributed by atoms with Gasteiger partial charge in [-0.3, -0.25) is 4.79 Å². The highest BCUT2D eigenvalue weighted by Crippen LogP contribution is 2.19. The van der Waals surface area contributed by atoms with Crippen LogP contribution in [0.3, 0.4) is 0 Å². The fraction of sp³-hybridized carbons (Fsp3) is 0.900. The highest BCUT2D eigenvalue weighted by Gasteiger charge is 2.25. The molecule has 3 unspecified atom stereocenters. The van der Waals surface area contributed by atoms with Gasteiger partial charge in [-0.2, -0.15) is 0 Å². The summed E-state index contributed by atoms with van der Waals surface area (Å²) in [4.78, 5) is 11.6. The number of hydrogen-bond acceptors (Lipinski definition) is 3. The van der Waals surface area contributed by atoms with E-state index in [-0.39, 0.29) is 24.0 Å². The normalized spacial score (nSPS) is 29.6. The molecule has 0 saturated carbocycles. The van der Waals surface area contributed by atoms with Gasteiger partial charge in [-0.15, -0.1) is 0 Å². The van der Waals surface area contributed by atoms with Crippen molar-refractivity contribution in [3.05, 3.63) is 0 Å². The number of nitrogens with two attached hydrogens (primary N) is 1. The number of nitrogens with one attached hydrogen (secondary N) is 1. The Kier molecular flexibility index (Phi) is 4.35. The molecule has 3 atom stereocenters. The molecule has 1 heterocycles. The summed E-state index contributed by atoms with van der Waals surface area (Å²) in [6.45, 7) is 5.14. The van der Waals surface area contributed by atoms with Gasteiger partial charge in [0.15, 0.2) is 0 Å². The molecule has 0 aliphatic carbocycles. The zero-order valence-corrected chi connectivity index (χ0v) is 8.95. The zero-order chi connectivity index (χ0) is 10.6. The van der Waals surface area contributed by atoms with Crippen molar-refractivity contribution in [2.75, 3.05) is 13.2 Å². The maximum absolute atomic E-state index is 11.6. The minimum atomic E-state index is 0.0243. The van der Waals surface area contributed by atoms with Crippen molar-refractivity contribution in [1.29, 1.82) is 0 Å². The van der Waals surface area contributed by atoms with Crippen LogP contribution in [0.2, 0.25) is 0 Å². The summed E-state index contributed by atoms with van der Waals surface area (Å²) in [5.41, 5.74) is 5.56. The smallest absolute Gasteiger partial charge is 0.223 e. The lowest BCUT2D eigenvalue weighted by atomic mass is 9.95. The van der Waals surface area contributed by atoms with Crippen LogP contribution in [0, 0.1) is 5.92 Å². The first kappa shape index (κ1) is 11.5. The Balaban J connectivity index is 2.29. The second-order valence-electron chi connectivity index (χ2n) is 4.13. The van der Waals surface area contributed by atoms with E-state index in [9.17, 15) is 4.79 Å². The zero-order valence-electron chi connectivity index (χ0n) is 8.95. The van der Waals surface area contributed by atoms with Gasteiger partial charge in [0.2, 0.25) is 5.91 Å². The molecule has 1 amide bonds. The minimum absolute atomic E-state index is 0.0243. The average molecular weight is 200 g/mol. The maximum Gasteiger partial charge on any atom is 0.223 e. The third-order valence-corrected chi connectivity index (χ3v) is 2.45. The molecule has 1 aliphatic heterocycles. The van der Waals surface area contributed by atoms with Gasteiger partial charge in [0, 0.05) is 25.1 Å².